The molecular weight excluding hydrogens is 178 g/mol. The lowest BCUT2D eigenvalue weighted by Crippen LogP contribution is -1.87. The monoisotopic (exact) mass is 189 g/mol. The molecule has 1 heterocycles. The SMILES string of the molecule is Cc1ccccc1Oc1ocnc1C. The number of aryl methyl sites for hydroxylation is 2. The summed E-state index contributed by atoms with van der Waals surface area (Å²) >= 11 is 0. The van der Waals surface area contributed by atoms with Crippen molar-refractivity contribution in [2.45, 2.75) is 13.8 Å². The summed E-state index contributed by atoms with van der Waals surface area (Å²) in [7, 11) is 0. The van der Waals surface area contributed by atoms with Crippen LogP contribution in [0.4, 0.5) is 0 Å². The van der Waals surface area contributed by atoms with Gasteiger partial charge >= 0.3 is 5.95 Å². The van der Waals surface area contributed by atoms with E-state index in [9.17, 15) is 0 Å². The molecule has 1 aromatic heterocycles. The Labute approximate surface area is 82.3 Å². The molecular formula is C11H11NO2. The average molecular weight is 189 g/mol. The maximum Gasteiger partial charge on any atom is 0.313 e. The van der Waals surface area contributed by atoms with Crippen LogP contribution in [-0.4, -0.2) is 4.98 Å². The molecule has 0 bridgehead atoms. The minimum absolute atomic E-state index is 0.458. The second-order valence-corrected chi connectivity index (χ2v) is 3.09. The zero-order valence-corrected chi connectivity index (χ0v) is 8.15. The number of para-hydroxylation sites is 1. The molecule has 0 aliphatic rings. The summed E-state index contributed by atoms with van der Waals surface area (Å²) in [6, 6.07) is 7.78. The highest BCUT2D eigenvalue weighted by molar-refractivity contribution is 5.34. The Hall–Kier alpha value is -1.77. The first-order valence-corrected chi connectivity index (χ1v) is 4.41. The fraction of sp³-hybridized carbons (Fsp3) is 0.182. The van der Waals surface area contributed by atoms with Gasteiger partial charge in [-0.2, -0.15) is 0 Å². The second kappa shape index (κ2) is 3.54. The first kappa shape index (κ1) is 8.81. The first-order valence-electron chi connectivity index (χ1n) is 4.41. The summed E-state index contributed by atoms with van der Waals surface area (Å²) in [5.41, 5.74) is 1.83. The van der Waals surface area contributed by atoms with Gasteiger partial charge in [-0.05, 0) is 25.5 Å². The smallest absolute Gasteiger partial charge is 0.313 e. The molecule has 0 saturated heterocycles. The number of aromatic nitrogens is 1. The molecule has 0 radical (unpaired) electrons. The Balaban J connectivity index is 2.28. The van der Waals surface area contributed by atoms with Crippen LogP contribution in [0.5, 0.6) is 11.7 Å². The van der Waals surface area contributed by atoms with Crippen LogP contribution >= 0.6 is 0 Å². The van der Waals surface area contributed by atoms with Crippen molar-refractivity contribution >= 4 is 0 Å². The van der Waals surface area contributed by atoms with Crippen molar-refractivity contribution in [1.29, 1.82) is 0 Å². The maximum atomic E-state index is 5.55. The van der Waals surface area contributed by atoms with Crippen molar-refractivity contribution in [3.63, 3.8) is 0 Å². The topological polar surface area (TPSA) is 35.3 Å². The van der Waals surface area contributed by atoms with Gasteiger partial charge in [0, 0.05) is 0 Å². The number of nitrogens with zero attached hydrogens (tertiary/aromatic N) is 1. The van der Waals surface area contributed by atoms with Gasteiger partial charge in [0.2, 0.25) is 0 Å². The molecule has 0 N–H and O–H groups in total. The normalized spacial score (nSPS) is 10.1. The molecule has 3 nitrogen and oxygen atoms in total. The quantitative estimate of drug-likeness (QED) is 0.728. The van der Waals surface area contributed by atoms with Crippen LogP contribution in [0.2, 0.25) is 0 Å². The second-order valence-electron chi connectivity index (χ2n) is 3.09. The molecule has 0 amide bonds. The van der Waals surface area contributed by atoms with E-state index in [-0.39, 0.29) is 0 Å². The fourth-order valence-electron chi connectivity index (χ4n) is 1.16. The Kier molecular flexibility index (Phi) is 2.23. The van der Waals surface area contributed by atoms with Crippen molar-refractivity contribution in [2.75, 3.05) is 0 Å². The summed E-state index contributed by atoms with van der Waals surface area (Å²) in [4.78, 5) is 3.95. The summed E-state index contributed by atoms with van der Waals surface area (Å²) < 4.78 is 10.6. The number of hydrogen-bond donors (Lipinski definition) is 0. The van der Waals surface area contributed by atoms with E-state index in [0.717, 1.165) is 17.0 Å². The third-order valence-corrected chi connectivity index (χ3v) is 2.00. The van der Waals surface area contributed by atoms with Gasteiger partial charge in [-0.25, -0.2) is 4.98 Å². The standard InChI is InChI=1S/C11H11NO2/c1-8-5-3-4-6-10(8)14-11-9(2)12-7-13-11/h3-7H,1-2H3. The molecule has 1 aromatic carbocycles. The summed E-state index contributed by atoms with van der Waals surface area (Å²) in [6.07, 6.45) is 1.38. The molecule has 0 atom stereocenters. The van der Waals surface area contributed by atoms with E-state index in [4.69, 9.17) is 9.15 Å². The zero-order valence-electron chi connectivity index (χ0n) is 8.15. The third-order valence-electron chi connectivity index (χ3n) is 2.00. The molecule has 2 aromatic rings. The Morgan fingerprint density at radius 1 is 1.21 bits per heavy atom. The van der Waals surface area contributed by atoms with Gasteiger partial charge in [0.25, 0.3) is 0 Å². The fourth-order valence-corrected chi connectivity index (χ4v) is 1.16. The highest BCUT2D eigenvalue weighted by atomic mass is 16.6. The predicted molar refractivity (Wildman–Crippen MR) is 52.5 cm³/mol. The Morgan fingerprint density at radius 3 is 2.64 bits per heavy atom. The number of benzene rings is 1. The van der Waals surface area contributed by atoms with Crippen LogP contribution in [0.1, 0.15) is 11.3 Å². The van der Waals surface area contributed by atoms with Crippen molar-refractivity contribution in [3.05, 3.63) is 41.9 Å². The van der Waals surface area contributed by atoms with E-state index in [1.807, 2.05) is 38.1 Å². The van der Waals surface area contributed by atoms with Crippen LogP contribution in [0.25, 0.3) is 0 Å². The summed E-state index contributed by atoms with van der Waals surface area (Å²) in [6.45, 7) is 3.83. The van der Waals surface area contributed by atoms with Crippen molar-refractivity contribution < 1.29 is 9.15 Å². The van der Waals surface area contributed by atoms with E-state index in [0.29, 0.717) is 5.95 Å². The van der Waals surface area contributed by atoms with Crippen LogP contribution in [-0.2, 0) is 0 Å². The molecule has 0 fully saturated rings. The van der Waals surface area contributed by atoms with Gasteiger partial charge in [0.15, 0.2) is 6.39 Å². The predicted octanol–water partition coefficient (Wildman–Crippen LogP) is 3.08. The van der Waals surface area contributed by atoms with Crippen LogP contribution in [0.3, 0.4) is 0 Å². The molecule has 0 aliphatic carbocycles. The van der Waals surface area contributed by atoms with Crippen molar-refractivity contribution in [2.24, 2.45) is 0 Å². The lowest BCUT2D eigenvalue weighted by molar-refractivity contribution is 0.342. The third kappa shape index (κ3) is 1.62. The van der Waals surface area contributed by atoms with Gasteiger partial charge in [0.1, 0.15) is 11.4 Å². The minimum Gasteiger partial charge on any atom is -0.424 e. The van der Waals surface area contributed by atoms with Crippen molar-refractivity contribution in [3.8, 4) is 11.7 Å². The van der Waals surface area contributed by atoms with E-state index in [1.165, 1.54) is 6.39 Å². The Bertz CT molecular complexity index is 434. The molecule has 0 aliphatic heterocycles. The highest BCUT2D eigenvalue weighted by Crippen LogP contribution is 2.26. The molecule has 0 saturated carbocycles. The maximum absolute atomic E-state index is 5.55. The van der Waals surface area contributed by atoms with Crippen LogP contribution < -0.4 is 4.74 Å². The molecule has 0 unspecified atom stereocenters. The molecule has 14 heavy (non-hydrogen) atoms. The lowest BCUT2D eigenvalue weighted by Gasteiger charge is -2.04. The van der Waals surface area contributed by atoms with Gasteiger partial charge < -0.3 is 9.15 Å². The van der Waals surface area contributed by atoms with E-state index in [1.54, 1.807) is 0 Å². The van der Waals surface area contributed by atoms with E-state index in [2.05, 4.69) is 4.98 Å². The first-order chi connectivity index (χ1) is 6.77. The molecule has 3 heteroatoms. The highest BCUT2D eigenvalue weighted by Gasteiger charge is 2.06. The molecule has 2 rings (SSSR count). The van der Waals surface area contributed by atoms with Gasteiger partial charge in [0.05, 0.1) is 0 Å². The van der Waals surface area contributed by atoms with Gasteiger partial charge in [-0.1, -0.05) is 18.2 Å². The minimum atomic E-state index is 0.458. The van der Waals surface area contributed by atoms with Crippen molar-refractivity contribution in [1.82, 2.24) is 4.98 Å². The number of ether oxygens (including phenoxy) is 1. The lowest BCUT2D eigenvalue weighted by atomic mass is 10.2. The zero-order chi connectivity index (χ0) is 9.97. The number of oxazole rings is 1. The average Bonchev–Trinajstić information content (AvgIpc) is 2.56. The summed E-state index contributed by atoms with van der Waals surface area (Å²) in [5, 5.41) is 0. The Morgan fingerprint density at radius 2 is 2.00 bits per heavy atom. The van der Waals surface area contributed by atoms with Gasteiger partial charge in [-0.3, -0.25) is 0 Å². The molecule has 0 spiro atoms. The van der Waals surface area contributed by atoms with Gasteiger partial charge in [-0.15, -0.1) is 0 Å². The van der Waals surface area contributed by atoms with E-state index >= 15 is 0 Å². The van der Waals surface area contributed by atoms with E-state index < -0.39 is 0 Å². The van der Waals surface area contributed by atoms with Crippen LogP contribution in [0.15, 0.2) is 35.1 Å². The van der Waals surface area contributed by atoms with Crippen LogP contribution in [0, 0.1) is 13.8 Å². The largest absolute Gasteiger partial charge is 0.424 e. The summed E-state index contributed by atoms with van der Waals surface area (Å²) in [5.74, 6) is 1.26. The number of rotatable bonds is 2. The molecule has 72 valence electrons. The number of hydrogen-bond acceptors (Lipinski definition) is 3.